The molecule has 0 radical (unpaired) electrons. The van der Waals surface area contributed by atoms with E-state index in [1.165, 1.54) is 70.6 Å². The van der Waals surface area contributed by atoms with Crippen molar-refractivity contribution in [3.8, 4) is 0 Å². The van der Waals surface area contributed by atoms with Gasteiger partial charge in [-0.05, 0) is 38.5 Å². The van der Waals surface area contributed by atoms with Crippen LogP contribution in [0.25, 0.3) is 0 Å². The molecular formula is C31H59N4O7+. The highest BCUT2D eigenvalue weighted by molar-refractivity contribution is 5.84. The Morgan fingerprint density at radius 3 is 1.50 bits per heavy atom. The van der Waals surface area contributed by atoms with E-state index in [0.717, 1.165) is 38.4 Å². The number of amides is 2. The van der Waals surface area contributed by atoms with Crippen molar-refractivity contribution in [2.45, 2.75) is 160 Å². The van der Waals surface area contributed by atoms with Gasteiger partial charge in [-0.1, -0.05) is 89.9 Å². The molecule has 0 rings (SSSR count). The molecule has 0 aromatic rings. The summed E-state index contributed by atoms with van der Waals surface area (Å²) in [4.78, 5) is 57.0. The van der Waals surface area contributed by atoms with Crippen molar-refractivity contribution in [3.63, 3.8) is 0 Å². The van der Waals surface area contributed by atoms with Gasteiger partial charge in [0.2, 0.25) is 11.8 Å². The van der Waals surface area contributed by atoms with E-state index in [9.17, 15) is 29.1 Å². The second-order valence-electron chi connectivity index (χ2n) is 11.3. The van der Waals surface area contributed by atoms with E-state index in [0.29, 0.717) is 32.2 Å². The smallest absolute Gasteiger partial charge is 0.326 e. The molecule has 2 unspecified atom stereocenters. The van der Waals surface area contributed by atoms with Gasteiger partial charge in [0.25, 0.3) is 0 Å². The van der Waals surface area contributed by atoms with Gasteiger partial charge in [-0.3, -0.25) is 20.2 Å². The first kappa shape index (κ1) is 39.5. The average Bonchev–Trinajstić information content (AvgIpc) is 2.96. The largest absolute Gasteiger partial charge is 0.480 e. The van der Waals surface area contributed by atoms with E-state index < -0.39 is 24.0 Å². The maximum Gasteiger partial charge on any atom is 0.326 e. The Morgan fingerprint density at radius 2 is 1.05 bits per heavy atom. The van der Waals surface area contributed by atoms with Gasteiger partial charge in [-0.25, -0.2) is 4.79 Å². The molecule has 0 bridgehead atoms. The zero-order valence-electron chi connectivity index (χ0n) is 25.8. The second kappa shape index (κ2) is 28.6. The second-order valence-corrected chi connectivity index (χ2v) is 11.3. The van der Waals surface area contributed by atoms with Crippen LogP contribution in [-0.2, 0) is 24.0 Å². The van der Waals surface area contributed by atoms with Crippen molar-refractivity contribution in [2.24, 2.45) is 0 Å². The van der Waals surface area contributed by atoms with Crippen LogP contribution in [0.15, 0.2) is 0 Å². The van der Waals surface area contributed by atoms with Gasteiger partial charge in [0, 0.05) is 25.8 Å². The number of unbranched alkanes of at least 4 members (excludes halogenated alkanes) is 17. The summed E-state index contributed by atoms with van der Waals surface area (Å²) in [5, 5.41) is 23.6. The van der Waals surface area contributed by atoms with Crippen LogP contribution < -0.4 is 21.9 Å². The highest BCUT2D eigenvalue weighted by Crippen LogP contribution is 2.14. The number of quaternary nitrogens is 1. The Kier molecular flexibility index (Phi) is 26.9. The van der Waals surface area contributed by atoms with Gasteiger partial charge in [-0.2, -0.15) is 5.43 Å². The van der Waals surface area contributed by atoms with Gasteiger partial charge in [0.15, 0.2) is 6.04 Å². The number of aldehydes is 1. The quantitative estimate of drug-likeness (QED) is 0.0391. The maximum absolute atomic E-state index is 12.2. The van der Waals surface area contributed by atoms with Crippen LogP contribution in [0.1, 0.15) is 148 Å². The van der Waals surface area contributed by atoms with Crippen LogP contribution in [-0.4, -0.2) is 58.9 Å². The summed E-state index contributed by atoms with van der Waals surface area (Å²) in [5.74, 6) is 0.666. The Bertz CT molecular complexity index is 736. The molecule has 0 saturated carbocycles. The van der Waals surface area contributed by atoms with Crippen molar-refractivity contribution in [1.82, 2.24) is 16.1 Å². The van der Waals surface area contributed by atoms with Gasteiger partial charge >= 0.3 is 11.9 Å². The Labute approximate surface area is 252 Å². The van der Waals surface area contributed by atoms with Crippen molar-refractivity contribution in [2.75, 3.05) is 6.54 Å². The van der Waals surface area contributed by atoms with E-state index in [4.69, 9.17) is 5.11 Å². The van der Waals surface area contributed by atoms with Gasteiger partial charge in [0.05, 0.1) is 0 Å². The number of aliphatic carboxylic acids is 2. The first-order valence-corrected chi connectivity index (χ1v) is 16.3. The SMILES string of the molecule is [NH3+]NC(CCCCNC(=O)CCC(NC(=O)CCCCCCCCCCCCCCCCCCC=O)C(=O)O)C(=O)O. The Hall–Kier alpha value is -2.53. The van der Waals surface area contributed by atoms with Crippen LogP contribution in [0.2, 0.25) is 0 Å². The fraction of sp³-hybridized carbons (Fsp3) is 0.839. The molecule has 244 valence electrons. The maximum atomic E-state index is 12.2. The lowest BCUT2D eigenvalue weighted by Crippen LogP contribution is -2.70. The van der Waals surface area contributed by atoms with E-state index in [1.54, 1.807) is 0 Å². The molecule has 0 heterocycles. The molecule has 2 atom stereocenters. The fourth-order valence-corrected chi connectivity index (χ4v) is 4.89. The van der Waals surface area contributed by atoms with Crippen LogP contribution in [0.3, 0.4) is 0 Å². The van der Waals surface area contributed by atoms with Gasteiger partial charge < -0.3 is 25.6 Å². The number of nitrogens with one attached hydrogen (secondary N) is 3. The van der Waals surface area contributed by atoms with E-state index in [-0.39, 0.29) is 31.1 Å². The van der Waals surface area contributed by atoms with Gasteiger partial charge in [-0.15, -0.1) is 0 Å². The molecule has 2 amide bonds. The number of carboxylic acids is 2. The highest BCUT2D eigenvalue weighted by Gasteiger charge is 2.21. The lowest BCUT2D eigenvalue weighted by molar-refractivity contribution is -0.449. The minimum atomic E-state index is -1.15. The Morgan fingerprint density at radius 1 is 0.571 bits per heavy atom. The zero-order valence-corrected chi connectivity index (χ0v) is 25.8. The minimum absolute atomic E-state index is 0.0142. The van der Waals surface area contributed by atoms with Crippen molar-refractivity contribution in [1.29, 1.82) is 0 Å². The molecule has 0 aromatic carbocycles. The van der Waals surface area contributed by atoms with Crippen molar-refractivity contribution < 1.29 is 40.0 Å². The van der Waals surface area contributed by atoms with E-state index in [1.807, 2.05) is 0 Å². The molecule has 42 heavy (non-hydrogen) atoms. The molecule has 8 N–H and O–H groups in total. The first-order valence-electron chi connectivity index (χ1n) is 16.3. The summed E-state index contributed by atoms with van der Waals surface area (Å²) >= 11 is 0. The Balaban J connectivity index is 3.69. The molecule has 0 aliphatic rings. The normalized spacial score (nSPS) is 12.4. The third-order valence-electron chi connectivity index (χ3n) is 7.56. The zero-order chi connectivity index (χ0) is 31.3. The number of rotatable bonds is 31. The molecule has 11 heteroatoms. The molecule has 0 aliphatic carbocycles. The molecule has 0 aromatic heterocycles. The number of hydrogen-bond acceptors (Lipinski definition) is 6. The molecule has 0 saturated heterocycles. The summed E-state index contributed by atoms with van der Waals surface area (Å²) in [6.07, 6.45) is 22.6. The number of carboxylic acid groups (broad SMARTS) is 2. The number of carbonyl (C=O) groups excluding carboxylic acids is 3. The lowest BCUT2D eigenvalue weighted by atomic mass is 10.0. The summed E-state index contributed by atoms with van der Waals surface area (Å²) in [7, 11) is 0. The predicted molar refractivity (Wildman–Crippen MR) is 162 cm³/mol. The number of carbonyl (C=O) groups is 5. The third kappa shape index (κ3) is 25.2. The molecule has 0 fully saturated rings. The standard InChI is InChI=1S/C31H58N4O7/c32-35-27(31(41)42)20-17-18-24-33-28(37)23-22-26(30(39)40)34-29(38)21-16-14-12-10-8-6-4-2-1-3-5-7-9-11-13-15-19-25-36/h25-27,35H,1-24,32H2,(H,33,37)(H,34,38)(H,39,40)(H,41,42)/p+1. The van der Waals surface area contributed by atoms with Crippen LogP contribution in [0.4, 0.5) is 0 Å². The minimum Gasteiger partial charge on any atom is -0.480 e. The van der Waals surface area contributed by atoms with Crippen LogP contribution >= 0.6 is 0 Å². The molecule has 11 nitrogen and oxygen atoms in total. The summed E-state index contributed by atoms with van der Waals surface area (Å²) in [6.45, 7) is 0.374. The third-order valence-corrected chi connectivity index (χ3v) is 7.56. The summed E-state index contributed by atoms with van der Waals surface area (Å²) in [5.41, 5.74) is 2.47. The van der Waals surface area contributed by atoms with Gasteiger partial charge in [0.1, 0.15) is 12.3 Å². The van der Waals surface area contributed by atoms with E-state index in [2.05, 4.69) is 21.9 Å². The first-order chi connectivity index (χ1) is 20.3. The summed E-state index contributed by atoms with van der Waals surface area (Å²) < 4.78 is 0. The predicted octanol–water partition coefficient (Wildman–Crippen LogP) is 4.04. The number of hydrogen-bond donors (Lipinski definition) is 6. The summed E-state index contributed by atoms with van der Waals surface area (Å²) in [6, 6.07) is -1.81. The van der Waals surface area contributed by atoms with E-state index >= 15 is 0 Å². The van der Waals surface area contributed by atoms with Crippen LogP contribution in [0.5, 0.6) is 0 Å². The highest BCUT2D eigenvalue weighted by atomic mass is 16.4. The molecular weight excluding hydrogens is 540 g/mol. The van der Waals surface area contributed by atoms with Crippen molar-refractivity contribution >= 4 is 30.0 Å². The topological polar surface area (TPSA) is 190 Å². The molecule has 0 aliphatic heterocycles. The van der Waals surface area contributed by atoms with Crippen LogP contribution in [0, 0.1) is 0 Å². The fourth-order valence-electron chi connectivity index (χ4n) is 4.89. The van der Waals surface area contributed by atoms with Crippen molar-refractivity contribution in [3.05, 3.63) is 0 Å². The average molecular weight is 600 g/mol. The lowest BCUT2D eigenvalue weighted by Gasteiger charge is -2.14. The molecule has 0 spiro atoms. The monoisotopic (exact) mass is 599 g/mol.